The van der Waals surface area contributed by atoms with E-state index in [0.29, 0.717) is 0 Å². The van der Waals surface area contributed by atoms with E-state index in [9.17, 15) is 0 Å². The Morgan fingerprint density at radius 2 is 1.44 bits per heavy atom. The van der Waals surface area contributed by atoms with Gasteiger partial charge >= 0.3 is 48.9 Å². The molecule has 88 valence electrons. The third-order valence-electron chi connectivity index (χ3n) is 2.76. The van der Waals surface area contributed by atoms with Crippen LogP contribution in [0.25, 0.3) is 0 Å². The first-order valence-electron chi connectivity index (χ1n) is 6.11. The summed E-state index contributed by atoms with van der Waals surface area (Å²) in [6.07, 6.45) is 9.47. The SMILES string of the molecule is CCCCCCCCc1ccc(S)cc1.[BaH2]. The average molecular weight is 362 g/mol. The number of hydrogen-bond donors (Lipinski definition) is 1. The van der Waals surface area contributed by atoms with Gasteiger partial charge in [0.05, 0.1) is 0 Å². The average Bonchev–Trinajstić information content (AvgIpc) is 2.26. The van der Waals surface area contributed by atoms with Crippen molar-refractivity contribution in [1.29, 1.82) is 0 Å². The minimum atomic E-state index is 0. The molecule has 0 atom stereocenters. The molecule has 0 bridgehead atoms. The van der Waals surface area contributed by atoms with E-state index in [1.807, 2.05) is 0 Å². The number of thiol groups is 1. The first-order chi connectivity index (χ1) is 7.33. The standard InChI is InChI=1S/C14H22S.Ba.2H/c1-2-3-4-5-6-7-8-13-9-11-14(15)12-10-13;;;/h9-12,15H,2-8H2,1H3;;;. The van der Waals surface area contributed by atoms with Crippen LogP contribution in [0.3, 0.4) is 0 Å². The van der Waals surface area contributed by atoms with Crippen LogP contribution >= 0.6 is 12.6 Å². The molecule has 0 nitrogen and oxygen atoms in total. The van der Waals surface area contributed by atoms with Crippen molar-refractivity contribution >= 4 is 61.5 Å². The van der Waals surface area contributed by atoms with Gasteiger partial charge in [0.25, 0.3) is 0 Å². The predicted octanol–water partition coefficient (Wildman–Crippen LogP) is 3.96. The molecule has 0 saturated heterocycles. The molecule has 0 aliphatic rings. The molecule has 0 heterocycles. The van der Waals surface area contributed by atoms with E-state index in [0.717, 1.165) is 4.90 Å². The Labute approximate surface area is 146 Å². The third kappa shape index (κ3) is 8.26. The molecule has 16 heavy (non-hydrogen) atoms. The molecule has 1 aromatic carbocycles. The van der Waals surface area contributed by atoms with E-state index in [1.165, 1.54) is 50.5 Å². The number of rotatable bonds is 7. The molecule has 0 N–H and O–H groups in total. The molecular formula is C14H24BaS. The number of benzene rings is 1. The van der Waals surface area contributed by atoms with Gasteiger partial charge < -0.3 is 0 Å². The Morgan fingerprint density at radius 1 is 0.875 bits per heavy atom. The summed E-state index contributed by atoms with van der Waals surface area (Å²) in [5.74, 6) is 0. The van der Waals surface area contributed by atoms with Crippen LogP contribution in [0.15, 0.2) is 29.2 Å². The van der Waals surface area contributed by atoms with Crippen LogP contribution in [0.1, 0.15) is 51.0 Å². The predicted molar refractivity (Wildman–Crippen MR) is 79.3 cm³/mol. The summed E-state index contributed by atoms with van der Waals surface area (Å²) in [5, 5.41) is 0. The fraction of sp³-hybridized carbons (Fsp3) is 0.571. The summed E-state index contributed by atoms with van der Waals surface area (Å²) >= 11 is 4.28. The fourth-order valence-electron chi connectivity index (χ4n) is 1.77. The third-order valence-corrected chi connectivity index (χ3v) is 3.05. The second kappa shape index (κ2) is 11.2. The van der Waals surface area contributed by atoms with Gasteiger partial charge in [-0.05, 0) is 30.5 Å². The minimum absolute atomic E-state index is 0. The Kier molecular flexibility index (Phi) is 12.0. The van der Waals surface area contributed by atoms with E-state index in [4.69, 9.17) is 0 Å². The molecule has 2 heteroatoms. The molecule has 1 aromatic rings. The zero-order chi connectivity index (χ0) is 10.9. The van der Waals surface area contributed by atoms with Crippen molar-refractivity contribution in [2.75, 3.05) is 0 Å². The summed E-state index contributed by atoms with van der Waals surface area (Å²) in [6.45, 7) is 2.26. The summed E-state index contributed by atoms with van der Waals surface area (Å²) in [6, 6.07) is 8.54. The van der Waals surface area contributed by atoms with Crippen molar-refractivity contribution in [3.63, 3.8) is 0 Å². The number of unbranched alkanes of at least 4 members (excludes halogenated alkanes) is 5. The molecule has 0 aromatic heterocycles. The molecule has 0 radical (unpaired) electrons. The van der Waals surface area contributed by atoms with Crippen LogP contribution in [0.4, 0.5) is 0 Å². The van der Waals surface area contributed by atoms with Crippen molar-refractivity contribution in [1.82, 2.24) is 0 Å². The number of aryl methyl sites for hydroxylation is 1. The monoisotopic (exact) mass is 362 g/mol. The topological polar surface area (TPSA) is 0 Å². The molecule has 0 unspecified atom stereocenters. The molecule has 0 saturated carbocycles. The zero-order valence-corrected chi connectivity index (χ0v) is 10.6. The molecule has 0 fully saturated rings. The first-order valence-corrected chi connectivity index (χ1v) is 6.55. The van der Waals surface area contributed by atoms with Gasteiger partial charge in [-0.3, -0.25) is 0 Å². The normalized spacial score (nSPS) is 9.88. The van der Waals surface area contributed by atoms with Crippen LogP contribution in [0.2, 0.25) is 0 Å². The van der Waals surface area contributed by atoms with Gasteiger partial charge in [-0.2, -0.15) is 0 Å². The Morgan fingerprint density at radius 3 is 2.06 bits per heavy atom. The van der Waals surface area contributed by atoms with Crippen molar-refractivity contribution in [3.05, 3.63) is 29.8 Å². The first kappa shape index (κ1) is 17.1. The van der Waals surface area contributed by atoms with E-state index >= 15 is 0 Å². The summed E-state index contributed by atoms with van der Waals surface area (Å²) in [4.78, 5) is 1.06. The molecule has 0 aliphatic heterocycles. The van der Waals surface area contributed by atoms with Gasteiger partial charge in [0.15, 0.2) is 0 Å². The van der Waals surface area contributed by atoms with E-state index in [2.05, 4.69) is 43.8 Å². The van der Waals surface area contributed by atoms with Crippen LogP contribution in [0.5, 0.6) is 0 Å². The van der Waals surface area contributed by atoms with Gasteiger partial charge in [-0.1, -0.05) is 51.2 Å². The Bertz CT molecular complexity index is 256. The maximum atomic E-state index is 4.28. The van der Waals surface area contributed by atoms with Crippen LogP contribution < -0.4 is 0 Å². The van der Waals surface area contributed by atoms with Crippen molar-refractivity contribution < 1.29 is 0 Å². The van der Waals surface area contributed by atoms with Gasteiger partial charge in [0.1, 0.15) is 0 Å². The number of hydrogen-bond acceptors (Lipinski definition) is 1. The van der Waals surface area contributed by atoms with Gasteiger partial charge in [-0.25, -0.2) is 0 Å². The zero-order valence-electron chi connectivity index (χ0n) is 9.71. The van der Waals surface area contributed by atoms with Gasteiger partial charge in [0, 0.05) is 4.90 Å². The Hall–Kier alpha value is 1.14. The summed E-state index contributed by atoms with van der Waals surface area (Å²) in [7, 11) is 0. The van der Waals surface area contributed by atoms with E-state index in [-0.39, 0.29) is 48.9 Å². The summed E-state index contributed by atoms with van der Waals surface area (Å²) in [5.41, 5.74) is 1.45. The Balaban J connectivity index is 0.00000225. The fourth-order valence-corrected chi connectivity index (χ4v) is 1.92. The van der Waals surface area contributed by atoms with Gasteiger partial charge in [0.2, 0.25) is 0 Å². The van der Waals surface area contributed by atoms with Crippen LogP contribution in [0, 0.1) is 0 Å². The van der Waals surface area contributed by atoms with E-state index < -0.39 is 0 Å². The molecule has 0 amide bonds. The van der Waals surface area contributed by atoms with Crippen molar-refractivity contribution in [2.24, 2.45) is 0 Å². The van der Waals surface area contributed by atoms with Crippen LogP contribution in [-0.2, 0) is 6.42 Å². The second-order valence-electron chi connectivity index (χ2n) is 4.18. The van der Waals surface area contributed by atoms with Crippen LogP contribution in [-0.4, -0.2) is 48.9 Å². The molecular weight excluding hydrogens is 338 g/mol. The van der Waals surface area contributed by atoms with Crippen molar-refractivity contribution in [2.45, 2.75) is 56.8 Å². The quantitative estimate of drug-likeness (QED) is 0.424. The van der Waals surface area contributed by atoms with E-state index in [1.54, 1.807) is 0 Å². The van der Waals surface area contributed by atoms with Gasteiger partial charge in [-0.15, -0.1) is 12.6 Å². The second-order valence-corrected chi connectivity index (χ2v) is 4.70. The molecule has 1 rings (SSSR count). The maximum absolute atomic E-state index is 4.28. The van der Waals surface area contributed by atoms with Crippen molar-refractivity contribution in [3.8, 4) is 0 Å². The summed E-state index contributed by atoms with van der Waals surface area (Å²) < 4.78 is 0. The molecule has 0 spiro atoms. The molecule has 0 aliphatic carbocycles.